The maximum absolute atomic E-state index is 13.5. The molecule has 1 aromatic carbocycles. The van der Waals surface area contributed by atoms with Crippen LogP contribution in [-0.2, 0) is 0 Å². The molecule has 1 atom stereocenters. The van der Waals surface area contributed by atoms with Crippen LogP contribution in [0, 0.1) is 15.3 Å². The summed E-state index contributed by atoms with van der Waals surface area (Å²) in [7, 11) is 0. The molecule has 0 spiro atoms. The molecule has 1 aliphatic rings. The third kappa shape index (κ3) is 2.79. The number of ether oxygens (including phenoxy) is 1. The van der Waals surface area contributed by atoms with Crippen LogP contribution >= 0.6 is 0 Å². The number of benzene rings is 1. The van der Waals surface area contributed by atoms with E-state index < -0.39 is 23.2 Å². The van der Waals surface area contributed by atoms with Crippen molar-refractivity contribution in [2.24, 2.45) is 0 Å². The topological polar surface area (TPSA) is 82.5 Å². The van der Waals surface area contributed by atoms with E-state index in [0.29, 0.717) is 4.73 Å². The smallest absolute Gasteiger partial charge is 0.431 e. The standard InChI is InChI=1S/C15H12F3N3O4/c1-14(15(16,17)18)9-19(13-4-2-3-7-20(13)22)11-8-10(21(23)24)5-6-12(11)25-14/h2-8H,9H2,1H3. The Morgan fingerprint density at radius 1 is 1.32 bits per heavy atom. The molecule has 0 radical (unpaired) electrons. The molecule has 0 saturated heterocycles. The van der Waals surface area contributed by atoms with Crippen molar-refractivity contribution in [2.75, 3.05) is 11.4 Å². The van der Waals surface area contributed by atoms with Gasteiger partial charge in [-0.05, 0) is 19.1 Å². The quantitative estimate of drug-likeness (QED) is 0.358. The van der Waals surface area contributed by atoms with E-state index in [-0.39, 0.29) is 22.9 Å². The van der Waals surface area contributed by atoms with Gasteiger partial charge in [-0.1, -0.05) is 6.07 Å². The highest BCUT2D eigenvalue weighted by Gasteiger charge is 2.59. The average molecular weight is 355 g/mol. The van der Waals surface area contributed by atoms with Gasteiger partial charge in [0.1, 0.15) is 6.54 Å². The molecule has 1 unspecified atom stereocenters. The van der Waals surface area contributed by atoms with Crippen molar-refractivity contribution in [3.05, 3.63) is 57.9 Å². The molecular weight excluding hydrogens is 343 g/mol. The third-order valence-corrected chi connectivity index (χ3v) is 3.92. The number of pyridine rings is 1. The minimum atomic E-state index is -4.72. The highest BCUT2D eigenvalue weighted by Crippen LogP contribution is 2.46. The fourth-order valence-electron chi connectivity index (χ4n) is 2.56. The molecule has 0 aliphatic carbocycles. The van der Waals surface area contributed by atoms with Gasteiger partial charge >= 0.3 is 6.18 Å². The number of nitrogens with zero attached hydrogens (tertiary/aromatic N) is 3. The van der Waals surface area contributed by atoms with E-state index in [1.807, 2.05) is 0 Å². The van der Waals surface area contributed by atoms with E-state index in [1.54, 1.807) is 0 Å². The van der Waals surface area contributed by atoms with Crippen LogP contribution in [0.3, 0.4) is 0 Å². The van der Waals surface area contributed by atoms with Gasteiger partial charge in [-0.15, -0.1) is 0 Å². The van der Waals surface area contributed by atoms with E-state index in [1.165, 1.54) is 18.2 Å². The molecule has 25 heavy (non-hydrogen) atoms. The van der Waals surface area contributed by atoms with E-state index in [4.69, 9.17) is 4.74 Å². The number of nitro benzene ring substituents is 1. The van der Waals surface area contributed by atoms with Gasteiger partial charge in [-0.25, -0.2) is 9.63 Å². The lowest BCUT2D eigenvalue weighted by molar-refractivity contribution is -0.592. The zero-order valence-electron chi connectivity index (χ0n) is 12.9. The van der Waals surface area contributed by atoms with Gasteiger partial charge in [-0.2, -0.15) is 13.2 Å². The molecule has 3 rings (SSSR count). The van der Waals surface area contributed by atoms with E-state index >= 15 is 0 Å². The van der Waals surface area contributed by atoms with E-state index in [9.17, 15) is 28.5 Å². The summed E-state index contributed by atoms with van der Waals surface area (Å²) in [6.07, 6.45) is -3.58. The first-order chi connectivity index (χ1) is 11.6. The van der Waals surface area contributed by atoms with Crippen LogP contribution in [0.1, 0.15) is 6.92 Å². The Balaban J connectivity index is 2.20. The van der Waals surface area contributed by atoms with Gasteiger partial charge in [0, 0.05) is 12.1 Å². The van der Waals surface area contributed by atoms with Crippen molar-refractivity contribution in [1.82, 2.24) is 0 Å². The molecule has 2 heterocycles. The average Bonchev–Trinajstić information content (AvgIpc) is 2.53. The van der Waals surface area contributed by atoms with Gasteiger partial charge in [0.05, 0.1) is 17.2 Å². The summed E-state index contributed by atoms with van der Waals surface area (Å²) < 4.78 is 45.9. The van der Waals surface area contributed by atoms with Crippen molar-refractivity contribution in [2.45, 2.75) is 18.7 Å². The summed E-state index contributed by atoms with van der Waals surface area (Å²) in [6.45, 7) is 0.138. The fourth-order valence-corrected chi connectivity index (χ4v) is 2.56. The van der Waals surface area contributed by atoms with Gasteiger partial charge < -0.3 is 9.94 Å². The number of alkyl halides is 3. The Kier molecular flexibility index (Phi) is 3.70. The number of anilines is 2. The monoisotopic (exact) mass is 355 g/mol. The Bertz CT molecular complexity index is 843. The van der Waals surface area contributed by atoms with E-state index in [2.05, 4.69) is 0 Å². The Labute approximate surface area is 139 Å². The van der Waals surface area contributed by atoms with Gasteiger partial charge in [0.15, 0.2) is 11.4 Å². The van der Waals surface area contributed by atoms with Crippen LogP contribution < -0.4 is 14.4 Å². The number of hydrogen-bond donors (Lipinski definition) is 0. The summed E-state index contributed by atoms with van der Waals surface area (Å²) in [5, 5.41) is 23.0. The lowest BCUT2D eigenvalue weighted by atomic mass is 10.0. The Morgan fingerprint density at radius 3 is 2.64 bits per heavy atom. The zero-order valence-corrected chi connectivity index (χ0v) is 12.9. The van der Waals surface area contributed by atoms with Crippen LogP contribution in [0.5, 0.6) is 5.75 Å². The SMILES string of the molecule is CC1(C(F)(F)F)CN(c2cccc[n+]2[O-])c2cc([N+](=O)[O-])ccc2O1. The second-order valence-electron chi connectivity index (χ2n) is 5.71. The molecule has 1 aromatic heterocycles. The number of aromatic nitrogens is 1. The number of hydrogen-bond acceptors (Lipinski definition) is 5. The fraction of sp³-hybridized carbons (Fsp3) is 0.267. The van der Waals surface area contributed by atoms with Crippen LogP contribution in [0.15, 0.2) is 42.6 Å². The molecule has 0 bridgehead atoms. The molecule has 2 aromatic rings. The van der Waals surface area contributed by atoms with Crippen LogP contribution in [0.4, 0.5) is 30.4 Å². The number of non-ortho nitro benzene ring substituents is 1. The Morgan fingerprint density at radius 2 is 2.04 bits per heavy atom. The highest BCUT2D eigenvalue weighted by atomic mass is 19.4. The van der Waals surface area contributed by atoms with Crippen molar-refractivity contribution in [3.63, 3.8) is 0 Å². The molecule has 7 nitrogen and oxygen atoms in total. The predicted octanol–water partition coefficient (Wildman–Crippen LogP) is 3.08. The van der Waals surface area contributed by atoms with Crippen molar-refractivity contribution in [3.8, 4) is 5.75 Å². The maximum Gasteiger partial charge on any atom is 0.431 e. The predicted molar refractivity (Wildman–Crippen MR) is 80.6 cm³/mol. The van der Waals surface area contributed by atoms with Crippen molar-refractivity contribution < 1.29 is 27.6 Å². The normalized spacial score (nSPS) is 19.9. The minimum absolute atomic E-state index is 0.0201. The second kappa shape index (κ2) is 5.50. The molecule has 0 amide bonds. The zero-order chi connectivity index (χ0) is 18.4. The first-order valence-electron chi connectivity index (χ1n) is 7.12. The van der Waals surface area contributed by atoms with Crippen LogP contribution in [0.25, 0.3) is 0 Å². The maximum atomic E-state index is 13.5. The van der Waals surface area contributed by atoms with Gasteiger partial charge in [-0.3, -0.25) is 10.1 Å². The van der Waals surface area contributed by atoms with Gasteiger partial charge in [0.2, 0.25) is 5.60 Å². The molecule has 0 saturated carbocycles. The Hall–Kier alpha value is -3.04. The summed E-state index contributed by atoms with van der Waals surface area (Å²) >= 11 is 0. The second-order valence-corrected chi connectivity index (χ2v) is 5.71. The van der Waals surface area contributed by atoms with Crippen molar-refractivity contribution >= 4 is 17.2 Å². The lowest BCUT2D eigenvalue weighted by Crippen LogP contribution is -2.58. The van der Waals surface area contributed by atoms with E-state index in [0.717, 1.165) is 36.2 Å². The molecule has 10 heteroatoms. The van der Waals surface area contributed by atoms with Gasteiger partial charge in [0.25, 0.3) is 11.5 Å². The number of fused-ring (bicyclic) bond motifs is 1. The first kappa shape index (κ1) is 16.8. The highest BCUT2D eigenvalue weighted by molar-refractivity contribution is 5.71. The van der Waals surface area contributed by atoms with Crippen molar-refractivity contribution in [1.29, 1.82) is 0 Å². The summed E-state index contributed by atoms with van der Waals surface area (Å²) in [6, 6.07) is 7.47. The lowest BCUT2D eigenvalue weighted by Gasteiger charge is -2.39. The summed E-state index contributed by atoms with van der Waals surface area (Å²) in [5.74, 6) is -0.288. The number of halogens is 3. The number of rotatable bonds is 2. The molecule has 0 N–H and O–H groups in total. The number of nitro groups is 1. The summed E-state index contributed by atoms with van der Waals surface area (Å²) in [5.41, 5.74) is -2.89. The molecule has 0 fully saturated rings. The molecule has 1 aliphatic heterocycles. The molecular formula is C15H12F3N3O4. The third-order valence-electron chi connectivity index (χ3n) is 3.92. The van der Waals surface area contributed by atoms with Crippen LogP contribution in [-0.4, -0.2) is 23.2 Å². The molecule has 132 valence electrons. The van der Waals surface area contributed by atoms with Crippen LogP contribution in [0.2, 0.25) is 0 Å². The summed E-state index contributed by atoms with van der Waals surface area (Å²) in [4.78, 5) is 11.4. The first-order valence-corrected chi connectivity index (χ1v) is 7.12. The largest absolute Gasteiger partial charge is 0.711 e. The minimum Gasteiger partial charge on any atom is -0.711 e.